The van der Waals surface area contributed by atoms with Crippen molar-refractivity contribution in [1.29, 1.82) is 0 Å². The number of hydrogen-bond acceptors (Lipinski definition) is 5. The van der Waals surface area contributed by atoms with Crippen LogP contribution in [0.1, 0.15) is 46.7 Å². The standard InChI is InChI=1S/C26H26N4O5/c1-30-13-21(25(32)33)23(29-30)28-24(31)15-10-11-16(12-15)27-26(34)35-14-22-19-8-4-2-6-17(19)18-7-3-5-9-20(18)22/h2-9,13,15-16,22H,10-12,14H2,1H3,(H,27,34)(H,32,33)(H,28,29,31). The average molecular weight is 475 g/mol. The second kappa shape index (κ2) is 9.25. The normalized spacial score (nSPS) is 18.5. The molecule has 2 aliphatic carbocycles. The van der Waals surface area contributed by atoms with Gasteiger partial charge < -0.3 is 20.5 Å². The van der Waals surface area contributed by atoms with Gasteiger partial charge >= 0.3 is 12.1 Å². The third-order valence-electron chi connectivity index (χ3n) is 6.77. The Hall–Kier alpha value is -4.14. The van der Waals surface area contributed by atoms with E-state index in [1.165, 1.54) is 22.0 Å². The fraction of sp³-hybridized carbons (Fsp3) is 0.308. The number of fused-ring (bicyclic) bond motifs is 3. The first-order valence-electron chi connectivity index (χ1n) is 11.6. The summed E-state index contributed by atoms with van der Waals surface area (Å²) in [7, 11) is 1.59. The zero-order valence-corrected chi connectivity index (χ0v) is 19.2. The highest BCUT2D eigenvalue weighted by molar-refractivity contribution is 6.00. The number of nitrogens with one attached hydrogen (secondary N) is 2. The summed E-state index contributed by atoms with van der Waals surface area (Å²) in [6, 6.07) is 16.1. The molecule has 9 heteroatoms. The SMILES string of the molecule is Cn1cc(C(=O)O)c(NC(=O)C2CCC(NC(=O)OCC3c4ccccc4-c4ccccc43)C2)n1. The van der Waals surface area contributed by atoms with Crippen molar-refractivity contribution in [3.8, 4) is 11.1 Å². The number of aromatic carboxylic acids is 1. The third kappa shape index (κ3) is 4.49. The molecule has 0 saturated heterocycles. The van der Waals surface area contributed by atoms with Gasteiger partial charge in [-0.25, -0.2) is 9.59 Å². The number of aryl methyl sites for hydroxylation is 1. The number of amides is 2. The minimum absolute atomic E-state index is 0.0166. The van der Waals surface area contributed by atoms with Crippen molar-refractivity contribution in [2.45, 2.75) is 31.2 Å². The van der Waals surface area contributed by atoms with Crippen LogP contribution in [0.5, 0.6) is 0 Å². The Balaban J connectivity index is 1.15. The zero-order chi connectivity index (χ0) is 24.5. The number of carboxylic acid groups (broad SMARTS) is 1. The fourth-order valence-corrected chi connectivity index (χ4v) is 5.11. The van der Waals surface area contributed by atoms with Crippen LogP contribution in [0.2, 0.25) is 0 Å². The van der Waals surface area contributed by atoms with Crippen LogP contribution in [-0.4, -0.2) is 45.5 Å². The van der Waals surface area contributed by atoms with Crippen molar-refractivity contribution in [1.82, 2.24) is 15.1 Å². The highest BCUT2D eigenvalue weighted by Crippen LogP contribution is 2.44. The Bertz CT molecular complexity index is 1250. The van der Waals surface area contributed by atoms with Crippen LogP contribution < -0.4 is 10.6 Å². The lowest BCUT2D eigenvalue weighted by molar-refractivity contribution is -0.119. The highest BCUT2D eigenvalue weighted by atomic mass is 16.5. The van der Waals surface area contributed by atoms with E-state index in [2.05, 4.69) is 40.0 Å². The van der Waals surface area contributed by atoms with Gasteiger partial charge in [0.25, 0.3) is 0 Å². The molecule has 180 valence electrons. The molecule has 2 amide bonds. The van der Waals surface area contributed by atoms with Gasteiger partial charge in [-0.3, -0.25) is 9.48 Å². The Morgan fingerprint density at radius 3 is 2.37 bits per heavy atom. The van der Waals surface area contributed by atoms with E-state index in [4.69, 9.17) is 4.74 Å². The molecule has 9 nitrogen and oxygen atoms in total. The van der Waals surface area contributed by atoms with Gasteiger partial charge in [0, 0.05) is 31.1 Å². The molecule has 2 unspecified atom stereocenters. The molecule has 35 heavy (non-hydrogen) atoms. The van der Waals surface area contributed by atoms with Gasteiger partial charge in [0.15, 0.2) is 5.82 Å². The van der Waals surface area contributed by atoms with Crippen LogP contribution in [0.25, 0.3) is 11.1 Å². The number of alkyl carbamates (subject to hydrolysis) is 1. The molecule has 1 aromatic heterocycles. The van der Waals surface area contributed by atoms with Crippen molar-refractivity contribution in [3.63, 3.8) is 0 Å². The predicted octanol–water partition coefficient (Wildman–Crippen LogP) is 3.76. The van der Waals surface area contributed by atoms with Crippen LogP contribution in [0.15, 0.2) is 54.7 Å². The maximum Gasteiger partial charge on any atom is 0.407 e. The van der Waals surface area contributed by atoms with E-state index < -0.39 is 12.1 Å². The largest absolute Gasteiger partial charge is 0.477 e. The number of anilines is 1. The van der Waals surface area contributed by atoms with Crippen LogP contribution in [0, 0.1) is 5.92 Å². The Morgan fingerprint density at radius 1 is 1.06 bits per heavy atom. The maximum atomic E-state index is 12.7. The predicted molar refractivity (Wildman–Crippen MR) is 128 cm³/mol. The van der Waals surface area contributed by atoms with Crippen molar-refractivity contribution in [2.24, 2.45) is 13.0 Å². The fourth-order valence-electron chi connectivity index (χ4n) is 5.11. The Labute approximate surface area is 202 Å². The summed E-state index contributed by atoms with van der Waals surface area (Å²) >= 11 is 0. The molecule has 2 aliphatic rings. The average Bonchev–Trinajstić information content (AvgIpc) is 3.54. The highest BCUT2D eigenvalue weighted by Gasteiger charge is 2.33. The van der Waals surface area contributed by atoms with Gasteiger partial charge in [-0.05, 0) is 41.5 Å². The van der Waals surface area contributed by atoms with Gasteiger partial charge in [-0.1, -0.05) is 48.5 Å². The van der Waals surface area contributed by atoms with Crippen LogP contribution in [0.4, 0.5) is 10.6 Å². The molecule has 3 aromatic rings. The number of carboxylic acids is 1. The minimum atomic E-state index is -1.16. The quantitative estimate of drug-likeness (QED) is 0.500. The first-order valence-corrected chi connectivity index (χ1v) is 11.6. The maximum absolute atomic E-state index is 12.7. The van der Waals surface area contributed by atoms with Gasteiger partial charge in [-0.2, -0.15) is 5.10 Å². The first kappa shape index (κ1) is 22.6. The lowest BCUT2D eigenvalue weighted by atomic mass is 9.98. The van der Waals surface area contributed by atoms with Crippen molar-refractivity contribution < 1.29 is 24.2 Å². The second-order valence-electron chi connectivity index (χ2n) is 9.04. The molecule has 2 aromatic carbocycles. The van der Waals surface area contributed by atoms with Gasteiger partial charge in [-0.15, -0.1) is 0 Å². The van der Waals surface area contributed by atoms with E-state index in [0.29, 0.717) is 19.3 Å². The van der Waals surface area contributed by atoms with Gasteiger partial charge in [0.1, 0.15) is 12.2 Å². The Kier molecular flexibility index (Phi) is 5.98. The third-order valence-corrected chi connectivity index (χ3v) is 6.77. The molecular formula is C26H26N4O5. The number of nitrogens with zero attached hydrogens (tertiary/aromatic N) is 2. The summed E-state index contributed by atoms with van der Waals surface area (Å²) in [5.74, 6) is -1.80. The number of hydrogen-bond donors (Lipinski definition) is 3. The van der Waals surface area contributed by atoms with E-state index in [1.54, 1.807) is 7.05 Å². The van der Waals surface area contributed by atoms with Gasteiger partial charge in [0.05, 0.1) is 0 Å². The number of carbonyl (C=O) groups excluding carboxylic acids is 2. The molecule has 0 spiro atoms. The summed E-state index contributed by atoms with van der Waals surface area (Å²) in [5, 5.41) is 18.8. The summed E-state index contributed by atoms with van der Waals surface area (Å²) in [4.78, 5) is 36.6. The van der Waals surface area contributed by atoms with Crippen LogP contribution in [0.3, 0.4) is 0 Å². The number of ether oxygens (including phenoxy) is 1. The lowest BCUT2D eigenvalue weighted by Gasteiger charge is -2.17. The smallest absolute Gasteiger partial charge is 0.407 e. The number of benzene rings is 2. The van der Waals surface area contributed by atoms with Crippen molar-refractivity contribution >= 4 is 23.8 Å². The van der Waals surface area contributed by atoms with Gasteiger partial charge in [0.2, 0.25) is 5.91 Å². The zero-order valence-electron chi connectivity index (χ0n) is 19.2. The molecule has 0 bridgehead atoms. The summed E-state index contributed by atoms with van der Waals surface area (Å²) in [5.41, 5.74) is 4.57. The molecule has 1 saturated carbocycles. The van der Waals surface area contributed by atoms with Crippen molar-refractivity contribution in [3.05, 3.63) is 71.4 Å². The minimum Gasteiger partial charge on any atom is -0.477 e. The lowest BCUT2D eigenvalue weighted by Crippen LogP contribution is -2.35. The molecule has 0 aliphatic heterocycles. The number of aromatic nitrogens is 2. The first-order chi connectivity index (χ1) is 16.9. The number of rotatable bonds is 6. The molecule has 1 fully saturated rings. The van der Waals surface area contributed by atoms with Crippen molar-refractivity contribution in [2.75, 3.05) is 11.9 Å². The van der Waals surface area contributed by atoms with E-state index >= 15 is 0 Å². The monoisotopic (exact) mass is 474 g/mol. The molecule has 5 rings (SSSR count). The molecule has 1 heterocycles. The Morgan fingerprint density at radius 2 is 1.71 bits per heavy atom. The van der Waals surface area contributed by atoms with Crippen LogP contribution in [-0.2, 0) is 16.6 Å². The van der Waals surface area contributed by atoms with E-state index in [-0.39, 0.29) is 41.8 Å². The molecular weight excluding hydrogens is 448 g/mol. The topological polar surface area (TPSA) is 123 Å². The van der Waals surface area contributed by atoms with E-state index in [9.17, 15) is 19.5 Å². The summed E-state index contributed by atoms with van der Waals surface area (Å²) < 4.78 is 6.95. The molecule has 0 radical (unpaired) electrons. The second-order valence-corrected chi connectivity index (χ2v) is 9.04. The summed E-state index contributed by atoms with van der Waals surface area (Å²) in [6.07, 6.45) is 2.50. The molecule has 3 N–H and O–H groups in total. The number of carbonyl (C=O) groups is 3. The summed E-state index contributed by atoms with van der Waals surface area (Å²) in [6.45, 7) is 0.230. The van der Waals surface area contributed by atoms with E-state index in [0.717, 1.165) is 11.1 Å². The molecule has 2 atom stereocenters. The van der Waals surface area contributed by atoms with E-state index in [1.807, 2.05) is 24.3 Å². The van der Waals surface area contributed by atoms with Crippen LogP contribution >= 0.6 is 0 Å².